The summed E-state index contributed by atoms with van der Waals surface area (Å²) < 4.78 is 0. The largest absolute Gasteiger partial charge is 0.393 e. The molecule has 3 unspecified atom stereocenters. The molecular weight excluding hydrogens is 192 g/mol. The van der Waals surface area contributed by atoms with Crippen molar-refractivity contribution in [1.29, 1.82) is 0 Å². The van der Waals surface area contributed by atoms with Crippen LogP contribution in [0.4, 0.5) is 0 Å². The van der Waals surface area contributed by atoms with E-state index in [0.717, 1.165) is 6.42 Å². The Balaban J connectivity index is 4.11. The number of hydrogen-bond donors (Lipinski definition) is 3. The molecule has 15 heavy (non-hydrogen) atoms. The van der Waals surface area contributed by atoms with Gasteiger partial charge in [0.05, 0.1) is 11.6 Å². The Morgan fingerprint density at radius 1 is 1.53 bits per heavy atom. The fourth-order valence-electron chi connectivity index (χ4n) is 1.59. The third kappa shape index (κ3) is 5.74. The zero-order valence-corrected chi connectivity index (χ0v) is 10.2. The Morgan fingerprint density at radius 2 is 2.07 bits per heavy atom. The molecule has 3 atom stereocenters. The molecule has 4 N–H and O–H groups in total. The minimum Gasteiger partial charge on any atom is -0.393 e. The van der Waals surface area contributed by atoms with Gasteiger partial charge in [-0.05, 0) is 33.6 Å². The Morgan fingerprint density at radius 3 is 2.47 bits per heavy atom. The molecule has 0 aliphatic heterocycles. The van der Waals surface area contributed by atoms with Gasteiger partial charge in [0.2, 0.25) is 5.91 Å². The minimum absolute atomic E-state index is 0.0442. The highest BCUT2D eigenvalue weighted by Crippen LogP contribution is 2.09. The lowest BCUT2D eigenvalue weighted by Gasteiger charge is -2.25. The second-order valence-corrected chi connectivity index (χ2v) is 4.63. The summed E-state index contributed by atoms with van der Waals surface area (Å²) in [5.74, 6) is -0.141. The first-order valence-electron chi connectivity index (χ1n) is 5.57. The van der Waals surface area contributed by atoms with E-state index in [1.807, 2.05) is 13.8 Å². The zero-order valence-electron chi connectivity index (χ0n) is 10.2. The summed E-state index contributed by atoms with van der Waals surface area (Å²) >= 11 is 0. The van der Waals surface area contributed by atoms with Crippen LogP contribution in [0.1, 0.15) is 47.0 Å². The molecule has 0 saturated carbocycles. The monoisotopic (exact) mass is 216 g/mol. The number of rotatable bonds is 6. The molecule has 4 heteroatoms. The maximum atomic E-state index is 11.7. The Hall–Kier alpha value is -0.610. The van der Waals surface area contributed by atoms with Crippen LogP contribution in [-0.2, 0) is 4.79 Å². The standard InChI is InChI=1S/C11H24N2O2/c1-5-6-11(4,12)10(15)13-8(2)7-9(3)14/h8-9,14H,5-7,12H2,1-4H3,(H,13,15). The van der Waals surface area contributed by atoms with E-state index in [1.54, 1.807) is 13.8 Å². The van der Waals surface area contributed by atoms with Crippen LogP contribution in [0.2, 0.25) is 0 Å². The summed E-state index contributed by atoms with van der Waals surface area (Å²) in [7, 11) is 0. The third-order valence-electron chi connectivity index (χ3n) is 2.36. The lowest BCUT2D eigenvalue weighted by Crippen LogP contribution is -2.53. The average molecular weight is 216 g/mol. The minimum atomic E-state index is -0.804. The van der Waals surface area contributed by atoms with E-state index in [9.17, 15) is 4.79 Å². The van der Waals surface area contributed by atoms with Gasteiger partial charge in [0, 0.05) is 6.04 Å². The number of hydrogen-bond acceptors (Lipinski definition) is 3. The summed E-state index contributed by atoms with van der Waals surface area (Å²) in [4.78, 5) is 11.7. The van der Waals surface area contributed by atoms with E-state index < -0.39 is 11.6 Å². The molecule has 0 aromatic rings. The average Bonchev–Trinajstić information content (AvgIpc) is 2.01. The normalized spacial score (nSPS) is 19.1. The summed E-state index contributed by atoms with van der Waals surface area (Å²) in [5, 5.41) is 12.0. The van der Waals surface area contributed by atoms with Gasteiger partial charge in [-0.1, -0.05) is 13.3 Å². The van der Waals surface area contributed by atoms with Gasteiger partial charge >= 0.3 is 0 Å². The molecule has 0 bridgehead atoms. The molecule has 90 valence electrons. The number of aliphatic hydroxyl groups excluding tert-OH is 1. The first kappa shape index (κ1) is 14.4. The maximum Gasteiger partial charge on any atom is 0.240 e. The molecule has 0 aliphatic rings. The van der Waals surface area contributed by atoms with Crippen LogP contribution < -0.4 is 11.1 Å². The van der Waals surface area contributed by atoms with Crippen LogP contribution >= 0.6 is 0 Å². The van der Waals surface area contributed by atoms with Gasteiger partial charge in [0.15, 0.2) is 0 Å². The van der Waals surface area contributed by atoms with Gasteiger partial charge in [0.1, 0.15) is 0 Å². The molecule has 0 fully saturated rings. The fraction of sp³-hybridized carbons (Fsp3) is 0.909. The van der Waals surface area contributed by atoms with Crippen molar-refractivity contribution in [3.05, 3.63) is 0 Å². The van der Waals surface area contributed by atoms with Gasteiger partial charge in [-0.2, -0.15) is 0 Å². The number of aliphatic hydroxyl groups is 1. The van der Waals surface area contributed by atoms with Crippen LogP contribution in [0.5, 0.6) is 0 Å². The summed E-state index contributed by atoms with van der Waals surface area (Å²) in [6, 6.07) is -0.0442. The second kappa shape index (κ2) is 6.08. The van der Waals surface area contributed by atoms with Crippen molar-refractivity contribution in [2.24, 2.45) is 5.73 Å². The van der Waals surface area contributed by atoms with E-state index in [1.165, 1.54) is 0 Å². The van der Waals surface area contributed by atoms with Crippen LogP contribution in [0, 0.1) is 0 Å². The quantitative estimate of drug-likeness (QED) is 0.614. The number of carbonyl (C=O) groups excluding carboxylic acids is 1. The second-order valence-electron chi connectivity index (χ2n) is 4.63. The van der Waals surface area contributed by atoms with Crippen LogP contribution in [0.15, 0.2) is 0 Å². The number of carbonyl (C=O) groups is 1. The topological polar surface area (TPSA) is 75.4 Å². The number of amides is 1. The SMILES string of the molecule is CCCC(C)(N)C(=O)NC(C)CC(C)O. The molecule has 0 saturated heterocycles. The van der Waals surface area contributed by atoms with Crippen molar-refractivity contribution < 1.29 is 9.90 Å². The highest BCUT2D eigenvalue weighted by atomic mass is 16.3. The highest BCUT2D eigenvalue weighted by Gasteiger charge is 2.28. The molecule has 0 aromatic carbocycles. The van der Waals surface area contributed by atoms with Crippen molar-refractivity contribution in [3.8, 4) is 0 Å². The third-order valence-corrected chi connectivity index (χ3v) is 2.36. The van der Waals surface area contributed by atoms with E-state index in [-0.39, 0.29) is 11.9 Å². The Bertz CT molecular complexity index is 203. The predicted molar refractivity (Wildman–Crippen MR) is 61.4 cm³/mol. The maximum absolute atomic E-state index is 11.7. The molecule has 0 aromatic heterocycles. The molecule has 0 radical (unpaired) electrons. The van der Waals surface area contributed by atoms with Gasteiger partial charge in [0.25, 0.3) is 0 Å². The van der Waals surface area contributed by atoms with E-state index >= 15 is 0 Å². The lowest BCUT2D eigenvalue weighted by atomic mass is 9.96. The van der Waals surface area contributed by atoms with Crippen molar-refractivity contribution >= 4 is 5.91 Å². The van der Waals surface area contributed by atoms with E-state index in [0.29, 0.717) is 12.8 Å². The van der Waals surface area contributed by atoms with Crippen molar-refractivity contribution in [1.82, 2.24) is 5.32 Å². The van der Waals surface area contributed by atoms with Gasteiger partial charge in [-0.15, -0.1) is 0 Å². The smallest absolute Gasteiger partial charge is 0.240 e. The summed E-state index contributed by atoms with van der Waals surface area (Å²) in [5.41, 5.74) is 5.07. The number of nitrogens with one attached hydrogen (secondary N) is 1. The van der Waals surface area contributed by atoms with Crippen LogP contribution in [0.3, 0.4) is 0 Å². The van der Waals surface area contributed by atoms with Gasteiger partial charge in [-0.3, -0.25) is 4.79 Å². The van der Waals surface area contributed by atoms with Crippen molar-refractivity contribution in [2.45, 2.75) is 64.6 Å². The highest BCUT2D eigenvalue weighted by molar-refractivity contribution is 5.85. The lowest BCUT2D eigenvalue weighted by molar-refractivity contribution is -0.126. The molecule has 0 heterocycles. The van der Waals surface area contributed by atoms with Gasteiger partial charge < -0.3 is 16.2 Å². The zero-order chi connectivity index (χ0) is 12.1. The molecule has 0 aliphatic carbocycles. The summed E-state index contributed by atoms with van der Waals surface area (Å²) in [6.07, 6.45) is 1.69. The van der Waals surface area contributed by atoms with E-state index in [2.05, 4.69) is 5.32 Å². The molecule has 1 amide bonds. The van der Waals surface area contributed by atoms with Gasteiger partial charge in [-0.25, -0.2) is 0 Å². The first-order valence-corrected chi connectivity index (χ1v) is 5.57. The first-order chi connectivity index (χ1) is 6.79. The Kier molecular flexibility index (Phi) is 5.83. The summed E-state index contributed by atoms with van der Waals surface area (Å²) in [6.45, 7) is 7.31. The molecule has 0 rings (SSSR count). The fourth-order valence-corrected chi connectivity index (χ4v) is 1.59. The number of nitrogens with two attached hydrogens (primary N) is 1. The predicted octanol–water partition coefficient (Wildman–Crippen LogP) is 0.779. The molecule has 4 nitrogen and oxygen atoms in total. The molecule has 0 spiro atoms. The van der Waals surface area contributed by atoms with Crippen LogP contribution in [0.25, 0.3) is 0 Å². The van der Waals surface area contributed by atoms with E-state index in [4.69, 9.17) is 10.8 Å². The van der Waals surface area contributed by atoms with Crippen LogP contribution in [-0.4, -0.2) is 28.7 Å². The molecular formula is C11H24N2O2. The Labute approximate surface area is 92.2 Å². The van der Waals surface area contributed by atoms with Crippen molar-refractivity contribution in [3.63, 3.8) is 0 Å². The van der Waals surface area contributed by atoms with Crippen molar-refractivity contribution in [2.75, 3.05) is 0 Å².